The second-order valence-electron chi connectivity index (χ2n) is 6.19. The van der Waals surface area contributed by atoms with Gasteiger partial charge in [0.15, 0.2) is 0 Å². The zero-order chi connectivity index (χ0) is 14.7. The van der Waals surface area contributed by atoms with Gasteiger partial charge < -0.3 is 4.90 Å². The Morgan fingerprint density at radius 3 is 2.81 bits per heavy atom. The molecule has 0 aliphatic carbocycles. The third-order valence-electron chi connectivity index (χ3n) is 4.62. The molecule has 3 nitrogen and oxygen atoms in total. The molecule has 1 aromatic rings. The zero-order valence-electron chi connectivity index (χ0n) is 12.7. The van der Waals surface area contributed by atoms with Crippen molar-refractivity contribution in [2.24, 2.45) is 5.92 Å². The van der Waals surface area contributed by atoms with Gasteiger partial charge >= 0.3 is 0 Å². The van der Waals surface area contributed by atoms with E-state index in [2.05, 4.69) is 35.2 Å². The summed E-state index contributed by atoms with van der Waals surface area (Å²) in [7, 11) is 1.94. The monoisotopic (exact) mass is 304 g/mol. The number of carbonyl (C=O) groups is 1. The van der Waals surface area contributed by atoms with E-state index in [-0.39, 0.29) is 6.04 Å². The van der Waals surface area contributed by atoms with Gasteiger partial charge in [0, 0.05) is 30.8 Å². The lowest BCUT2D eigenvalue weighted by Gasteiger charge is -2.34. The van der Waals surface area contributed by atoms with Gasteiger partial charge in [-0.05, 0) is 43.9 Å². The number of amides is 1. The van der Waals surface area contributed by atoms with Gasteiger partial charge in [0.1, 0.15) is 0 Å². The van der Waals surface area contributed by atoms with E-state index in [9.17, 15) is 4.79 Å². The van der Waals surface area contributed by atoms with E-state index in [0.717, 1.165) is 44.1 Å². The molecular weight excluding hydrogens is 280 g/mol. The third-order valence-corrected chi connectivity index (χ3v) is 5.86. The molecule has 1 aromatic carbocycles. The number of nitrogens with zero attached hydrogens (tertiary/aromatic N) is 2. The second-order valence-corrected chi connectivity index (χ2v) is 7.28. The van der Waals surface area contributed by atoms with Crippen LogP contribution in [0.1, 0.15) is 19.3 Å². The Kier molecular flexibility index (Phi) is 4.86. The molecular formula is C17H24N2OS. The summed E-state index contributed by atoms with van der Waals surface area (Å²) < 4.78 is 0. The number of hydrogen-bond donors (Lipinski definition) is 0. The van der Waals surface area contributed by atoms with E-state index in [1.54, 1.807) is 0 Å². The summed E-state index contributed by atoms with van der Waals surface area (Å²) in [5, 5.41) is 0. The van der Waals surface area contributed by atoms with Crippen molar-refractivity contribution in [1.82, 2.24) is 9.80 Å². The maximum atomic E-state index is 12.3. The fourth-order valence-corrected chi connectivity index (χ4v) is 4.41. The smallest absolute Gasteiger partial charge is 0.239 e. The van der Waals surface area contributed by atoms with Crippen LogP contribution in [0.2, 0.25) is 0 Å². The minimum Gasteiger partial charge on any atom is -0.344 e. The van der Waals surface area contributed by atoms with Gasteiger partial charge in [-0.1, -0.05) is 18.2 Å². The lowest BCUT2D eigenvalue weighted by Crippen LogP contribution is -2.50. The quantitative estimate of drug-likeness (QED) is 0.799. The summed E-state index contributed by atoms with van der Waals surface area (Å²) in [6.07, 6.45) is 3.42. The molecule has 2 aliphatic heterocycles. The maximum absolute atomic E-state index is 12.3. The average molecular weight is 304 g/mol. The first-order valence-electron chi connectivity index (χ1n) is 7.91. The summed E-state index contributed by atoms with van der Waals surface area (Å²) in [4.78, 5) is 18.0. The molecule has 2 aliphatic rings. The van der Waals surface area contributed by atoms with Crippen molar-refractivity contribution >= 4 is 17.7 Å². The predicted molar refractivity (Wildman–Crippen MR) is 87.5 cm³/mol. The van der Waals surface area contributed by atoms with Crippen LogP contribution in [0.5, 0.6) is 0 Å². The SMILES string of the molecule is CN1CCC[C@@H](N2CC[C@H](CSc3ccccc3)C2)C1=O. The number of rotatable bonds is 4. The minimum absolute atomic E-state index is 0.149. The predicted octanol–water partition coefficient (Wildman–Crippen LogP) is 2.72. The molecule has 0 saturated carbocycles. The second kappa shape index (κ2) is 6.84. The Morgan fingerprint density at radius 1 is 1.19 bits per heavy atom. The van der Waals surface area contributed by atoms with Crippen LogP contribution in [0.15, 0.2) is 35.2 Å². The maximum Gasteiger partial charge on any atom is 0.239 e. The van der Waals surface area contributed by atoms with Crippen LogP contribution in [-0.2, 0) is 4.79 Å². The van der Waals surface area contributed by atoms with Gasteiger partial charge in [0.2, 0.25) is 5.91 Å². The van der Waals surface area contributed by atoms with Gasteiger partial charge in [0.05, 0.1) is 6.04 Å². The molecule has 114 valence electrons. The molecule has 0 spiro atoms. The molecule has 1 amide bonds. The van der Waals surface area contributed by atoms with E-state index in [0.29, 0.717) is 5.91 Å². The van der Waals surface area contributed by atoms with Crippen LogP contribution in [0, 0.1) is 5.92 Å². The molecule has 0 bridgehead atoms. The van der Waals surface area contributed by atoms with Crippen molar-refractivity contribution in [3.63, 3.8) is 0 Å². The number of piperidine rings is 1. The highest BCUT2D eigenvalue weighted by Crippen LogP contribution is 2.28. The Hall–Kier alpha value is -1.00. The molecule has 2 heterocycles. The van der Waals surface area contributed by atoms with Crippen molar-refractivity contribution in [3.8, 4) is 0 Å². The highest BCUT2D eigenvalue weighted by Gasteiger charge is 2.35. The summed E-state index contributed by atoms with van der Waals surface area (Å²) in [5.41, 5.74) is 0. The Morgan fingerprint density at radius 2 is 2.00 bits per heavy atom. The fraction of sp³-hybridized carbons (Fsp3) is 0.588. The molecule has 0 radical (unpaired) electrons. The van der Waals surface area contributed by atoms with Crippen LogP contribution >= 0.6 is 11.8 Å². The molecule has 3 rings (SSSR count). The van der Waals surface area contributed by atoms with Gasteiger partial charge in [-0.2, -0.15) is 0 Å². The standard InChI is InChI=1S/C17H24N2OS/c1-18-10-5-8-16(17(18)20)19-11-9-14(12-19)13-21-15-6-3-2-4-7-15/h2-4,6-7,14,16H,5,8-13H2,1H3/t14-,16+/m0/s1. The Bertz CT molecular complexity index is 479. The van der Waals surface area contributed by atoms with Crippen molar-refractivity contribution in [3.05, 3.63) is 30.3 Å². The van der Waals surface area contributed by atoms with Crippen LogP contribution in [0.4, 0.5) is 0 Å². The highest BCUT2D eigenvalue weighted by molar-refractivity contribution is 7.99. The normalized spacial score (nSPS) is 27.3. The lowest BCUT2D eigenvalue weighted by molar-refractivity contribution is -0.138. The van der Waals surface area contributed by atoms with E-state index in [1.807, 2.05) is 23.7 Å². The Balaban J connectivity index is 1.50. The molecule has 0 aromatic heterocycles. The number of likely N-dealkylation sites (N-methyl/N-ethyl adjacent to an activating group) is 1. The van der Waals surface area contributed by atoms with Crippen molar-refractivity contribution in [2.45, 2.75) is 30.2 Å². The summed E-state index contributed by atoms with van der Waals surface area (Å²) in [6, 6.07) is 10.8. The van der Waals surface area contributed by atoms with Crippen LogP contribution in [0.25, 0.3) is 0 Å². The van der Waals surface area contributed by atoms with Crippen molar-refractivity contribution in [1.29, 1.82) is 0 Å². The van der Waals surface area contributed by atoms with Crippen molar-refractivity contribution < 1.29 is 4.79 Å². The zero-order valence-corrected chi connectivity index (χ0v) is 13.5. The summed E-state index contributed by atoms with van der Waals surface area (Å²) in [6.45, 7) is 3.10. The van der Waals surface area contributed by atoms with Gasteiger partial charge in [0.25, 0.3) is 0 Å². The first-order valence-corrected chi connectivity index (χ1v) is 8.89. The molecule has 0 N–H and O–H groups in total. The fourth-order valence-electron chi connectivity index (χ4n) is 3.36. The topological polar surface area (TPSA) is 23.6 Å². The first-order chi connectivity index (χ1) is 10.2. The molecule has 2 fully saturated rings. The van der Waals surface area contributed by atoms with E-state index >= 15 is 0 Å². The first kappa shape index (κ1) is 14.9. The van der Waals surface area contributed by atoms with E-state index in [1.165, 1.54) is 11.3 Å². The number of likely N-dealkylation sites (tertiary alicyclic amines) is 2. The number of benzene rings is 1. The molecule has 2 atom stereocenters. The average Bonchev–Trinajstić information content (AvgIpc) is 2.98. The number of thioether (sulfide) groups is 1. The van der Waals surface area contributed by atoms with Gasteiger partial charge in [-0.3, -0.25) is 9.69 Å². The van der Waals surface area contributed by atoms with Crippen molar-refractivity contribution in [2.75, 3.05) is 32.4 Å². The third kappa shape index (κ3) is 3.61. The minimum atomic E-state index is 0.149. The van der Waals surface area contributed by atoms with Gasteiger partial charge in [-0.25, -0.2) is 0 Å². The van der Waals surface area contributed by atoms with E-state index in [4.69, 9.17) is 0 Å². The van der Waals surface area contributed by atoms with Gasteiger partial charge in [-0.15, -0.1) is 11.8 Å². The summed E-state index contributed by atoms with van der Waals surface area (Å²) in [5.74, 6) is 2.21. The Labute approximate surface area is 131 Å². The van der Waals surface area contributed by atoms with Crippen LogP contribution in [0.3, 0.4) is 0 Å². The molecule has 4 heteroatoms. The van der Waals surface area contributed by atoms with Crippen LogP contribution in [-0.4, -0.2) is 54.2 Å². The number of carbonyl (C=O) groups excluding carboxylic acids is 1. The summed E-state index contributed by atoms with van der Waals surface area (Å²) >= 11 is 1.95. The highest BCUT2D eigenvalue weighted by atomic mass is 32.2. The molecule has 21 heavy (non-hydrogen) atoms. The molecule has 0 unspecified atom stereocenters. The van der Waals surface area contributed by atoms with Crippen LogP contribution < -0.4 is 0 Å². The van der Waals surface area contributed by atoms with E-state index < -0.39 is 0 Å². The lowest BCUT2D eigenvalue weighted by atomic mass is 10.0. The largest absolute Gasteiger partial charge is 0.344 e. The number of hydrogen-bond acceptors (Lipinski definition) is 3. The molecule has 2 saturated heterocycles.